The molecule has 0 N–H and O–H groups in total. The molecule has 0 heterocycles. The predicted octanol–water partition coefficient (Wildman–Crippen LogP) is 3.59. The summed E-state index contributed by atoms with van der Waals surface area (Å²) < 4.78 is 19.8. The summed E-state index contributed by atoms with van der Waals surface area (Å²) >= 11 is 0. The van der Waals surface area contributed by atoms with Crippen molar-refractivity contribution in [2.24, 2.45) is 0 Å². The molecule has 0 aromatic heterocycles. The summed E-state index contributed by atoms with van der Waals surface area (Å²) in [6.07, 6.45) is 1.98. The van der Waals surface area contributed by atoms with Gasteiger partial charge in [0.2, 0.25) is 0 Å². The summed E-state index contributed by atoms with van der Waals surface area (Å²) in [5.41, 5.74) is 0.351. The highest BCUT2D eigenvalue weighted by Crippen LogP contribution is 2.36. The van der Waals surface area contributed by atoms with Gasteiger partial charge >= 0.3 is 8.56 Å². The van der Waals surface area contributed by atoms with Gasteiger partial charge in [0.15, 0.2) is 18.1 Å². The second-order valence-corrected chi connectivity index (χ2v) is 18.9. The number of hydrogen-bond donors (Lipinski definition) is 0. The third-order valence-electron chi connectivity index (χ3n) is 4.24. The van der Waals surface area contributed by atoms with Crippen LogP contribution in [0.25, 0.3) is 0 Å². The number of rotatable bonds is 10. The zero-order valence-electron chi connectivity index (χ0n) is 15.9. The molecule has 0 bridgehead atoms. The van der Waals surface area contributed by atoms with Gasteiger partial charge in [-0.2, -0.15) is 0 Å². The van der Waals surface area contributed by atoms with Crippen molar-refractivity contribution < 1.29 is 13.0 Å². The minimum Gasteiger partial charge on any atom is -0.437 e. The molecule has 0 aliphatic carbocycles. The van der Waals surface area contributed by atoms with Crippen LogP contribution < -0.4 is 0 Å². The lowest BCUT2D eigenvalue weighted by Gasteiger charge is -2.48. The molecular weight excluding hydrogens is 328 g/mol. The Kier molecular flexibility index (Phi) is 9.47. The first kappa shape index (κ1) is 21.7. The Morgan fingerprint density at radius 1 is 0.952 bits per heavy atom. The van der Waals surface area contributed by atoms with Crippen molar-refractivity contribution in [2.45, 2.75) is 90.4 Å². The van der Waals surface area contributed by atoms with E-state index >= 15 is 0 Å². The average Bonchev–Trinajstić information content (AvgIpc) is 2.34. The van der Waals surface area contributed by atoms with Gasteiger partial charge in [0.05, 0.1) is 14.0 Å². The van der Waals surface area contributed by atoms with Gasteiger partial charge < -0.3 is 13.0 Å². The van der Waals surface area contributed by atoms with Gasteiger partial charge in [0.25, 0.3) is 0 Å². The third-order valence-corrected chi connectivity index (χ3v) is 14.7. The van der Waals surface area contributed by atoms with Crippen molar-refractivity contribution in [3.05, 3.63) is 0 Å². The van der Waals surface area contributed by atoms with Crippen LogP contribution >= 0.6 is 0 Å². The highest BCUT2D eigenvalue weighted by atomic mass is 28.4. The molecule has 2 unspecified atom stereocenters. The average molecular weight is 367 g/mol. The first-order chi connectivity index (χ1) is 9.53. The summed E-state index contributed by atoms with van der Waals surface area (Å²) in [6, 6.07) is 0. The fourth-order valence-corrected chi connectivity index (χ4v) is 14.4. The molecule has 0 saturated carbocycles. The van der Waals surface area contributed by atoms with Gasteiger partial charge in [-0.05, 0) is 52.5 Å². The molecule has 0 aromatic rings. The molecule has 0 aliphatic rings. The lowest BCUT2D eigenvalue weighted by atomic mass is 10.2. The maximum absolute atomic E-state index is 6.67. The van der Waals surface area contributed by atoms with Crippen LogP contribution in [0.3, 0.4) is 0 Å². The summed E-state index contributed by atoms with van der Waals surface area (Å²) in [4.78, 5) is 0. The van der Waals surface area contributed by atoms with Gasteiger partial charge in [0, 0.05) is 5.73 Å². The Morgan fingerprint density at radius 2 is 1.43 bits per heavy atom. The van der Waals surface area contributed by atoms with E-state index in [1.165, 1.54) is 0 Å². The first-order valence-corrected chi connectivity index (χ1v) is 19.4. The van der Waals surface area contributed by atoms with Crippen LogP contribution in [0.1, 0.15) is 33.6 Å². The van der Waals surface area contributed by atoms with E-state index in [1.54, 1.807) is 0 Å². The zero-order chi connectivity index (χ0) is 16.8. The SMILES string of the molecule is CCC(CC)(O[SiH](C)C)[Si](C)(OC(C)[SiH](C)C)O[SiH](C)C. The zero-order valence-corrected chi connectivity index (χ0v) is 20.4. The monoisotopic (exact) mass is 366 g/mol. The molecule has 0 rings (SSSR count). The van der Waals surface area contributed by atoms with Crippen LogP contribution in [0.15, 0.2) is 0 Å². The molecular formula is C14H38O3Si4. The Labute approximate surface area is 139 Å². The van der Waals surface area contributed by atoms with Crippen LogP contribution in [0, 0.1) is 0 Å². The Bertz CT molecular complexity index is 296. The van der Waals surface area contributed by atoms with E-state index in [1.807, 2.05) is 0 Å². The molecule has 0 fully saturated rings. The van der Waals surface area contributed by atoms with E-state index in [2.05, 4.69) is 66.6 Å². The maximum Gasteiger partial charge on any atom is 0.356 e. The molecule has 0 amide bonds. The summed E-state index contributed by atoms with van der Waals surface area (Å²) in [6.45, 7) is 22.7. The minimum absolute atomic E-state index is 0.178. The second kappa shape index (κ2) is 9.14. The van der Waals surface area contributed by atoms with Crippen LogP contribution in [0.2, 0.25) is 45.8 Å². The van der Waals surface area contributed by atoms with Crippen LogP contribution in [-0.2, 0) is 13.0 Å². The van der Waals surface area contributed by atoms with Crippen LogP contribution in [-0.4, -0.2) is 46.4 Å². The van der Waals surface area contributed by atoms with Gasteiger partial charge in [0.1, 0.15) is 0 Å². The Hall–Kier alpha value is 0.748. The topological polar surface area (TPSA) is 27.7 Å². The van der Waals surface area contributed by atoms with Crippen molar-refractivity contribution in [2.75, 3.05) is 0 Å². The van der Waals surface area contributed by atoms with Crippen molar-refractivity contribution in [1.82, 2.24) is 0 Å². The molecule has 0 aromatic carbocycles. The molecule has 128 valence electrons. The molecule has 3 nitrogen and oxygen atoms in total. The summed E-state index contributed by atoms with van der Waals surface area (Å²) in [7, 11) is -5.52. The summed E-state index contributed by atoms with van der Waals surface area (Å²) in [5, 5.41) is -0.178. The fourth-order valence-electron chi connectivity index (χ4n) is 2.80. The molecule has 0 spiro atoms. The van der Waals surface area contributed by atoms with Gasteiger partial charge in [-0.15, -0.1) is 0 Å². The lowest BCUT2D eigenvalue weighted by molar-refractivity contribution is 0.0666. The first-order valence-electron chi connectivity index (χ1n) is 8.57. The minimum atomic E-state index is -2.37. The standard InChI is InChI=1S/C14H38O3Si4/c1-11-14(12-2,16-19(6)7)21(10,17-20(8)9)15-13(3)18(4)5/h13,18-20H,11-12H2,1-10H3. The second-order valence-electron chi connectivity index (χ2n) is 7.05. The molecule has 21 heavy (non-hydrogen) atoms. The predicted molar refractivity (Wildman–Crippen MR) is 104 cm³/mol. The van der Waals surface area contributed by atoms with E-state index in [-0.39, 0.29) is 5.22 Å². The number of hydrogen-bond acceptors (Lipinski definition) is 3. The maximum atomic E-state index is 6.67. The third kappa shape index (κ3) is 6.04. The quantitative estimate of drug-likeness (QED) is 0.553. The van der Waals surface area contributed by atoms with Crippen molar-refractivity contribution in [3.63, 3.8) is 0 Å². The van der Waals surface area contributed by atoms with Crippen LogP contribution in [0.4, 0.5) is 0 Å². The largest absolute Gasteiger partial charge is 0.437 e. The van der Waals surface area contributed by atoms with Gasteiger partial charge in [-0.25, -0.2) is 0 Å². The van der Waals surface area contributed by atoms with Gasteiger partial charge in [-0.3, -0.25) is 0 Å². The molecule has 7 heteroatoms. The van der Waals surface area contributed by atoms with E-state index in [0.717, 1.165) is 12.8 Å². The highest BCUT2D eigenvalue weighted by Gasteiger charge is 2.54. The Morgan fingerprint density at radius 3 is 1.71 bits per heavy atom. The molecule has 0 aliphatic heterocycles. The van der Waals surface area contributed by atoms with E-state index in [0.29, 0.717) is 5.73 Å². The van der Waals surface area contributed by atoms with Crippen molar-refractivity contribution >= 4 is 35.4 Å². The smallest absolute Gasteiger partial charge is 0.356 e. The van der Waals surface area contributed by atoms with Gasteiger partial charge in [-0.1, -0.05) is 26.9 Å². The summed E-state index contributed by atoms with van der Waals surface area (Å²) in [5.74, 6) is 0. The molecule has 2 atom stereocenters. The Balaban J connectivity index is 5.59. The van der Waals surface area contributed by atoms with E-state index < -0.39 is 35.4 Å². The van der Waals surface area contributed by atoms with Crippen molar-refractivity contribution in [3.8, 4) is 0 Å². The van der Waals surface area contributed by atoms with E-state index in [9.17, 15) is 0 Å². The van der Waals surface area contributed by atoms with E-state index in [4.69, 9.17) is 13.0 Å². The van der Waals surface area contributed by atoms with Crippen molar-refractivity contribution in [1.29, 1.82) is 0 Å². The normalized spacial score (nSPS) is 17.6. The fraction of sp³-hybridized carbons (Fsp3) is 1.00. The highest BCUT2D eigenvalue weighted by molar-refractivity contribution is 6.77. The molecule has 0 saturated heterocycles. The molecule has 0 radical (unpaired) electrons. The van der Waals surface area contributed by atoms with Crippen LogP contribution in [0.5, 0.6) is 0 Å². The lowest BCUT2D eigenvalue weighted by Crippen LogP contribution is -2.66.